The molecule has 3 aromatic carbocycles. The third-order valence-corrected chi connectivity index (χ3v) is 8.62. The molecule has 1 aliphatic rings. The molecule has 9 heteroatoms. The molecule has 2 atom stereocenters. The molecule has 0 fully saturated rings. The zero-order valence-corrected chi connectivity index (χ0v) is 21.5. The number of ketones is 1. The molecule has 1 aromatic heterocycles. The number of ether oxygens (including phenoxy) is 1. The zero-order valence-electron chi connectivity index (χ0n) is 20.7. The van der Waals surface area contributed by atoms with E-state index in [1.165, 1.54) is 4.31 Å². The van der Waals surface area contributed by atoms with Crippen molar-refractivity contribution in [2.75, 3.05) is 13.2 Å². The van der Waals surface area contributed by atoms with Crippen molar-refractivity contribution in [2.45, 2.75) is 36.7 Å². The first kappa shape index (κ1) is 26.1. The van der Waals surface area contributed by atoms with Crippen LogP contribution >= 0.6 is 0 Å². The first-order valence-electron chi connectivity index (χ1n) is 12.4. The van der Waals surface area contributed by atoms with Crippen molar-refractivity contribution in [3.05, 3.63) is 108 Å². The molecule has 8 nitrogen and oxygen atoms in total. The minimum absolute atomic E-state index is 0.0294. The number of nitrogens with one attached hydrogen (secondary N) is 1. The summed E-state index contributed by atoms with van der Waals surface area (Å²) in [7, 11) is -4.05. The number of fused-ring (bicyclic) bond motifs is 2. The smallest absolute Gasteiger partial charge is 0.245 e. The van der Waals surface area contributed by atoms with Gasteiger partial charge in [0.15, 0.2) is 5.78 Å². The molecule has 0 saturated heterocycles. The molecule has 4 aromatic rings. The van der Waals surface area contributed by atoms with E-state index in [0.29, 0.717) is 17.7 Å². The van der Waals surface area contributed by atoms with E-state index >= 15 is 0 Å². The summed E-state index contributed by atoms with van der Waals surface area (Å²) in [6.07, 6.45) is 0.471. The number of Topliss-reactive ketones (excluding diaryl/α,β-unsaturated/α-hetero) is 1. The lowest BCUT2D eigenvalue weighted by molar-refractivity contribution is 0.0334. The number of benzene rings is 3. The fourth-order valence-corrected chi connectivity index (χ4v) is 6.46. The summed E-state index contributed by atoms with van der Waals surface area (Å²) >= 11 is 0. The highest BCUT2D eigenvalue weighted by atomic mass is 32.2. The molecule has 1 unspecified atom stereocenters. The molecular formula is C29H29N3O5S. The van der Waals surface area contributed by atoms with Gasteiger partial charge in [-0.2, -0.15) is 4.31 Å². The molecule has 38 heavy (non-hydrogen) atoms. The number of aliphatic hydroxyl groups is 1. The number of hydrogen-bond donors (Lipinski definition) is 2. The second-order valence-corrected chi connectivity index (χ2v) is 11.1. The van der Waals surface area contributed by atoms with E-state index in [2.05, 4.69) is 10.3 Å². The van der Waals surface area contributed by atoms with Gasteiger partial charge in [0.05, 0.1) is 31.3 Å². The molecular weight excluding hydrogens is 502 g/mol. The predicted octanol–water partition coefficient (Wildman–Crippen LogP) is 3.51. The fraction of sp³-hybridized carbons (Fsp3) is 0.241. The molecule has 0 bridgehead atoms. The van der Waals surface area contributed by atoms with Crippen molar-refractivity contribution in [2.24, 2.45) is 0 Å². The van der Waals surface area contributed by atoms with Crippen molar-refractivity contribution < 1.29 is 23.1 Å². The van der Waals surface area contributed by atoms with E-state index in [-0.39, 0.29) is 36.8 Å². The number of aliphatic hydroxyl groups excluding tert-OH is 1. The predicted molar refractivity (Wildman–Crippen MR) is 144 cm³/mol. The lowest BCUT2D eigenvalue weighted by atomic mass is 10.1. The van der Waals surface area contributed by atoms with E-state index in [1.54, 1.807) is 48.7 Å². The maximum Gasteiger partial charge on any atom is 0.245 e. The van der Waals surface area contributed by atoms with Crippen LogP contribution in [0.2, 0.25) is 0 Å². The number of carbonyl (C=O) groups excluding carboxylic acids is 1. The van der Waals surface area contributed by atoms with Gasteiger partial charge in [0.2, 0.25) is 10.0 Å². The molecule has 5 rings (SSSR count). The van der Waals surface area contributed by atoms with Gasteiger partial charge < -0.3 is 9.84 Å². The van der Waals surface area contributed by atoms with E-state index < -0.39 is 22.3 Å². The Labute approximate surface area is 222 Å². The Kier molecular flexibility index (Phi) is 7.92. The van der Waals surface area contributed by atoms with Crippen LogP contribution in [0.5, 0.6) is 0 Å². The van der Waals surface area contributed by atoms with Crippen molar-refractivity contribution >= 4 is 26.7 Å². The summed E-state index contributed by atoms with van der Waals surface area (Å²) in [5.74, 6) is -0.168. The highest BCUT2D eigenvalue weighted by Gasteiger charge is 2.36. The Morgan fingerprint density at radius 1 is 1.00 bits per heavy atom. The van der Waals surface area contributed by atoms with Crippen LogP contribution < -0.4 is 5.32 Å². The van der Waals surface area contributed by atoms with Crippen LogP contribution in [0.3, 0.4) is 0 Å². The average Bonchev–Trinajstić information content (AvgIpc) is 2.93. The SMILES string of the molecule is O=C(CNC(O)C[C@@H]1COCc2ccccc2CN1S(=O)(=O)c1cccc2cccnc12)c1ccccc1. The zero-order chi connectivity index (χ0) is 26.5. The molecule has 2 heterocycles. The van der Waals surface area contributed by atoms with Crippen molar-refractivity contribution in [1.29, 1.82) is 0 Å². The van der Waals surface area contributed by atoms with Gasteiger partial charge in [-0.25, -0.2) is 8.42 Å². The lowest BCUT2D eigenvalue weighted by Gasteiger charge is -2.34. The number of carbonyl (C=O) groups is 1. The fourth-order valence-electron chi connectivity index (χ4n) is 4.69. The molecule has 0 saturated carbocycles. The summed E-state index contributed by atoms with van der Waals surface area (Å²) in [6.45, 7) is 0.455. The van der Waals surface area contributed by atoms with Crippen molar-refractivity contribution in [3.8, 4) is 0 Å². The molecule has 0 radical (unpaired) electrons. The Balaban J connectivity index is 1.44. The van der Waals surface area contributed by atoms with E-state index in [1.807, 2.05) is 42.5 Å². The van der Waals surface area contributed by atoms with Gasteiger partial charge in [-0.3, -0.25) is 15.1 Å². The van der Waals surface area contributed by atoms with E-state index in [4.69, 9.17) is 4.74 Å². The first-order valence-corrected chi connectivity index (χ1v) is 13.9. The van der Waals surface area contributed by atoms with Crippen LogP contribution in [-0.4, -0.2) is 54.0 Å². The van der Waals surface area contributed by atoms with Gasteiger partial charge in [0, 0.05) is 30.1 Å². The molecule has 0 aliphatic carbocycles. The van der Waals surface area contributed by atoms with Crippen LogP contribution in [0.25, 0.3) is 10.9 Å². The standard InChI is InChI=1S/C29H29N3O5S/c33-26(21-8-2-1-3-9-21)17-31-28(34)16-25-20-37-19-24-11-5-4-10-23(24)18-32(25)38(35,36)27-14-6-12-22-13-7-15-30-29(22)27/h1-15,25,28,31,34H,16-20H2/t25-,28?/m1/s1. The van der Waals surface area contributed by atoms with Gasteiger partial charge >= 0.3 is 0 Å². The summed E-state index contributed by atoms with van der Waals surface area (Å²) < 4.78 is 35.7. The molecule has 1 aliphatic heterocycles. The van der Waals surface area contributed by atoms with E-state index in [9.17, 15) is 18.3 Å². The third kappa shape index (κ3) is 5.67. The van der Waals surface area contributed by atoms with Crippen LogP contribution in [-0.2, 0) is 27.9 Å². The Bertz CT molecular complexity index is 1520. The maximum absolute atomic E-state index is 14.2. The monoisotopic (exact) mass is 531 g/mol. The normalized spacial score (nSPS) is 17.3. The molecule has 196 valence electrons. The van der Waals surface area contributed by atoms with Gasteiger partial charge in [-0.05, 0) is 23.3 Å². The van der Waals surface area contributed by atoms with Gasteiger partial charge in [-0.1, -0.05) is 72.8 Å². The summed E-state index contributed by atoms with van der Waals surface area (Å²) in [5, 5.41) is 14.4. The number of para-hydroxylation sites is 1. The summed E-state index contributed by atoms with van der Waals surface area (Å²) in [4.78, 5) is 17.0. The summed E-state index contributed by atoms with van der Waals surface area (Å²) in [6, 6.07) is 24.3. The van der Waals surface area contributed by atoms with Gasteiger partial charge in [0.25, 0.3) is 0 Å². The number of rotatable bonds is 8. The second-order valence-electron chi connectivity index (χ2n) is 9.24. The number of aromatic nitrogens is 1. The molecule has 2 N–H and O–H groups in total. The minimum atomic E-state index is -4.05. The van der Waals surface area contributed by atoms with Crippen LogP contribution in [0.4, 0.5) is 0 Å². The minimum Gasteiger partial charge on any atom is -0.379 e. The second kappa shape index (κ2) is 11.5. The molecule has 0 spiro atoms. The van der Waals surface area contributed by atoms with Crippen molar-refractivity contribution in [1.82, 2.24) is 14.6 Å². The Hall–Kier alpha value is -3.47. The quantitative estimate of drug-likeness (QED) is 0.265. The van der Waals surface area contributed by atoms with Gasteiger partial charge in [-0.15, -0.1) is 0 Å². The molecule has 0 amide bonds. The van der Waals surface area contributed by atoms with Gasteiger partial charge in [0.1, 0.15) is 11.1 Å². The van der Waals surface area contributed by atoms with E-state index in [0.717, 1.165) is 16.5 Å². The number of nitrogens with zero attached hydrogens (tertiary/aromatic N) is 2. The first-order chi connectivity index (χ1) is 18.4. The highest BCUT2D eigenvalue weighted by Crippen LogP contribution is 2.30. The van der Waals surface area contributed by atoms with Crippen LogP contribution in [0.15, 0.2) is 96.0 Å². The van der Waals surface area contributed by atoms with Crippen LogP contribution in [0.1, 0.15) is 27.9 Å². The average molecular weight is 532 g/mol. The Morgan fingerprint density at radius 3 is 2.55 bits per heavy atom. The van der Waals surface area contributed by atoms with Crippen molar-refractivity contribution in [3.63, 3.8) is 0 Å². The summed E-state index contributed by atoms with van der Waals surface area (Å²) in [5.41, 5.74) is 2.66. The highest BCUT2D eigenvalue weighted by molar-refractivity contribution is 7.89. The topological polar surface area (TPSA) is 109 Å². The number of hydrogen-bond acceptors (Lipinski definition) is 7. The number of pyridine rings is 1. The Morgan fingerprint density at radius 2 is 1.74 bits per heavy atom. The number of sulfonamides is 1. The maximum atomic E-state index is 14.2. The van der Waals surface area contributed by atoms with Crippen LogP contribution in [0, 0.1) is 0 Å². The lowest BCUT2D eigenvalue weighted by Crippen LogP contribution is -2.47. The largest absolute Gasteiger partial charge is 0.379 e. The third-order valence-electron chi connectivity index (χ3n) is 6.69.